The number of hydrogen-bond acceptors (Lipinski definition) is 3. The first-order valence-corrected chi connectivity index (χ1v) is 9.27. The molecule has 0 spiro atoms. The van der Waals surface area contributed by atoms with Gasteiger partial charge in [0.05, 0.1) is 0 Å². The van der Waals surface area contributed by atoms with Gasteiger partial charge in [0, 0.05) is 13.1 Å². The molecule has 0 radical (unpaired) electrons. The van der Waals surface area contributed by atoms with Crippen LogP contribution in [0.4, 0.5) is 4.79 Å². The summed E-state index contributed by atoms with van der Waals surface area (Å²) >= 11 is 0. The van der Waals surface area contributed by atoms with E-state index in [0.717, 1.165) is 37.9 Å². The summed E-state index contributed by atoms with van der Waals surface area (Å²) in [6.45, 7) is 7.98. The van der Waals surface area contributed by atoms with E-state index in [2.05, 4.69) is 12.2 Å². The third-order valence-electron chi connectivity index (χ3n) is 5.06. The van der Waals surface area contributed by atoms with Crippen LogP contribution in [0.15, 0.2) is 30.3 Å². The van der Waals surface area contributed by atoms with Crippen molar-refractivity contribution in [1.29, 1.82) is 0 Å². The number of hydrogen-bond donors (Lipinski definition) is 1. The van der Waals surface area contributed by atoms with E-state index in [4.69, 9.17) is 4.74 Å². The molecule has 1 aliphatic rings. The monoisotopic (exact) mass is 346 g/mol. The number of carbonyl (C=O) groups is 2. The summed E-state index contributed by atoms with van der Waals surface area (Å²) in [4.78, 5) is 26.9. The maximum atomic E-state index is 12.9. The molecule has 138 valence electrons. The molecular formula is C20H30N2O3. The van der Waals surface area contributed by atoms with Gasteiger partial charge in [0.1, 0.15) is 12.6 Å². The van der Waals surface area contributed by atoms with Crippen molar-refractivity contribution in [2.24, 2.45) is 11.8 Å². The molecule has 5 nitrogen and oxygen atoms in total. The fraction of sp³-hybridized carbons (Fsp3) is 0.600. The van der Waals surface area contributed by atoms with Gasteiger partial charge in [-0.25, -0.2) is 4.79 Å². The summed E-state index contributed by atoms with van der Waals surface area (Å²) in [5.74, 6) is 0.740. The van der Waals surface area contributed by atoms with E-state index in [-0.39, 0.29) is 18.4 Å². The lowest BCUT2D eigenvalue weighted by atomic mass is 9.95. The quantitative estimate of drug-likeness (QED) is 0.856. The molecular weight excluding hydrogens is 316 g/mol. The minimum atomic E-state index is -0.534. The molecule has 0 aliphatic carbocycles. The predicted octanol–water partition coefficient (Wildman–Crippen LogP) is 3.59. The first-order valence-electron chi connectivity index (χ1n) is 9.27. The molecule has 2 unspecified atom stereocenters. The van der Waals surface area contributed by atoms with Crippen molar-refractivity contribution in [2.45, 2.75) is 52.7 Å². The Kier molecular flexibility index (Phi) is 7.29. The van der Waals surface area contributed by atoms with E-state index in [1.165, 1.54) is 0 Å². The Labute approximate surface area is 150 Å². The number of likely N-dealkylation sites (tertiary alicyclic amines) is 1. The van der Waals surface area contributed by atoms with Gasteiger partial charge in [0.15, 0.2) is 0 Å². The highest BCUT2D eigenvalue weighted by atomic mass is 16.5. The topological polar surface area (TPSA) is 58.6 Å². The number of carbonyl (C=O) groups excluding carboxylic acids is 2. The van der Waals surface area contributed by atoms with Crippen LogP contribution in [-0.4, -0.2) is 36.0 Å². The van der Waals surface area contributed by atoms with Gasteiger partial charge in [-0.2, -0.15) is 0 Å². The number of nitrogens with one attached hydrogen (secondary N) is 1. The molecule has 1 aromatic carbocycles. The van der Waals surface area contributed by atoms with Crippen LogP contribution in [0.3, 0.4) is 0 Å². The van der Waals surface area contributed by atoms with Crippen LogP contribution in [0, 0.1) is 11.8 Å². The fourth-order valence-corrected chi connectivity index (χ4v) is 3.00. The Morgan fingerprint density at radius 2 is 1.88 bits per heavy atom. The zero-order valence-electron chi connectivity index (χ0n) is 15.5. The summed E-state index contributed by atoms with van der Waals surface area (Å²) in [6, 6.07) is 9.00. The van der Waals surface area contributed by atoms with Crippen molar-refractivity contribution in [3.05, 3.63) is 35.9 Å². The van der Waals surface area contributed by atoms with Gasteiger partial charge < -0.3 is 15.0 Å². The van der Waals surface area contributed by atoms with E-state index in [1.54, 1.807) is 0 Å². The largest absolute Gasteiger partial charge is 0.445 e. The van der Waals surface area contributed by atoms with Crippen molar-refractivity contribution in [1.82, 2.24) is 10.2 Å². The number of benzene rings is 1. The molecule has 2 rings (SSSR count). The molecule has 1 fully saturated rings. The maximum absolute atomic E-state index is 12.9. The normalized spacial score (nSPS) is 17.6. The first-order chi connectivity index (χ1) is 12.0. The summed E-state index contributed by atoms with van der Waals surface area (Å²) in [5.41, 5.74) is 0.925. The van der Waals surface area contributed by atoms with Crippen molar-refractivity contribution >= 4 is 12.0 Å². The summed E-state index contributed by atoms with van der Waals surface area (Å²) < 4.78 is 5.29. The lowest BCUT2D eigenvalue weighted by molar-refractivity contribution is -0.136. The second kappa shape index (κ2) is 9.44. The highest BCUT2D eigenvalue weighted by Gasteiger charge is 2.31. The molecule has 0 aromatic heterocycles. The first kappa shape index (κ1) is 19.3. The second-order valence-corrected chi connectivity index (χ2v) is 7.08. The molecule has 1 N–H and O–H groups in total. The average molecular weight is 346 g/mol. The van der Waals surface area contributed by atoms with Gasteiger partial charge in [-0.05, 0) is 30.2 Å². The maximum Gasteiger partial charge on any atom is 0.408 e. The van der Waals surface area contributed by atoms with E-state index >= 15 is 0 Å². The lowest BCUT2D eigenvalue weighted by Gasteiger charge is -2.34. The number of rotatable bonds is 6. The Balaban J connectivity index is 1.92. The summed E-state index contributed by atoms with van der Waals surface area (Å²) in [5, 5.41) is 2.79. The van der Waals surface area contributed by atoms with E-state index in [0.29, 0.717) is 5.92 Å². The van der Waals surface area contributed by atoms with E-state index in [1.807, 2.05) is 49.1 Å². The number of nitrogens with zero attached hydrogens (tertiary/aromatic N) is 1. The number of amides is 2. The Bertz CT molecular complexity index is 553. The number of alkyl carbamates (subject to hydrolysis) is 1. The highest BCUT2D eigenvalue weighted by molar-refractivity contribution is 5.86. The molecule has 1 aromatic rings. The molecule has 1 heterocycles. The van der Waals surface area contributed by atoms with Crippen molar-refractivity contribution in [3.8, 4) is 0 Å². The van der Waals surface area contributed by atoms with Crippen molar-refractivity contribution in [2.75, 3.05) is 13.1 Å². The van der Waals surface area contributed by atoms with Crippen LogP contribution < -0.4 is 5.32 Å². The van der Waals surface area contributed by atoms with Crippen LogP contribution in [0.2, 0.25) is 0 Å². The summed E-state index contributed by atoms with van der Waals surface area (Å²) in [7, 11) is 0. The van der Waals surface area contributed by atoms with Gasteiger partial charge in [-0.1, -0.05) is 57.5 Å². The van der Waals surface area contributed by atoms with E-state index in [9.17, 15) is 9.59 Å². The number of ether oxygens (including phenoxy) is 1. The van der Waals surface area contributed by atoms with Crippen LogP contribution in [-0.2, 0) is 16.1 Å². The zero-order chi connectivity index (χ0) is 18.2. The number of piperidine rings is 1. The molecule has 2 atom stereocenters. The highest BCUT2D eigenvalue weighted by Crippen LogP contribution is 2.19. The predicted molar refractivity (Wildman–Crippen MR) is 98.0 cm³/mol. The summed E-state index contributed by atoms with van der Waals surface area (Å²) in [6.07, 6.45) is 2.34. The molecule has 0 bridgehead atoms. The van der Waals surface area contributed by atoms with Gasteiger partial charge in [-0.3, -0.25) is 4.79 Å². The van der Waals surface area contributed by atoms with Crippen LogP contribution in [0.5, 0.6) is 0 Å². The minimum absolute atomic E-state index is 0.0120. The Morgan fingerprint density at radius 3 is 2.48 bits per heavy atom. The van der Waals surface area contributed by atoms with Crippen LogP contribution in [0.1, 0.15) is 45.6 Å². The minimum Gasteiger partial charge on any atom is -0.445 e. The van der Waals surface area contributed by atoms with Gasteiger partial charge in [0.2, 0.25) is 5.91 Å². The Morgan fingerprint density at radius 1 is 1.24 bits per heavy atom. The molecule has 0 saturated carbocycles. The fourth-order valence-electron chi connectivity index (χ4n) is 3.00. The van der Waals surface area contributed by atoms with Crippen LogP contribution in [0.25, 0.3) is 0 Å². The van der Waals surface area contributed by atoms with Crippen LogP contribution >= 0.6 is 0 Å². The molecule has 1 aliphatic heterocycles. The Hall–Kier alpha value is -2.04. The third-order valence-corrected chi connectivity index (χ3v) is 5.06. The SMILES string of the molecule is CCC(C)C(NC(=O)OCc1ccccc1)C(=O)N1CCC(C)CC1. The smallest absolute Gasteiger partial charge is 0.408 e. The molecule has 5 heteroatoms. The standard InChI is InChI=1S/C20H30N2O3/c1-4-16(3)18(19(23)22-12-10-15(2)11-13-22)21-20(24)25-14-17-8-6-5-7-9-17/h5-9,15-16,18H,4,10-14H2,1-3H3,(H,21,24). The van der Waals surface area contributed by atoms with Crippen molar-refractivity contribution in [3.63, 3.8) is 0 Å². The van der Waals surface area contributed by atoms with Crippen molar-refractivity contribution < 1.29 is 14.3 Å². The van der Waals surface area contributed by atoms with Gasteiger partial charge in [0.25, 0.3) is 0 Å². The zero-order valence-corrected chi connectivity index (χ0v) is 15.5. The second-order valence-electron chi connectivity index (χ2n) is 7.08. The lowest BCUT2D eigenvalue weighted by Crippen LogP contribution is -2.53. The van der Waals surface area contributed by atoms with E-state index < -0.39 is 12.1 Å². The molecule has 2 amide bonds. The average Bonchev–Trinajstić information content (AvgIpc) is 2.64. The molecule has 1 saturated heterocycles. The molecule has 25 heavy (non-hydrogen) atoms. The van der Waals surface area contributed by atoms with Gasteiger partial charge in [-0.15, -0.1) is 0 Å². The van der Waals surface area contributed by atoms with Gasteiger partial charge >= 0.3 is 6.09 Å². The third kappa shape index (κ3) is 5.76.